The molecular weight excluding hydrogens is 322 g/mol. The van der Waals surface area contributed by atoms with Crippen molar-refractivity contribution in [1.82, 2.24) is 0 Å². The SMILES string of the molecule is NCCC12CCCCC1(O)CCc1ccc(OCc3ccccc3)cc12. The zero-order valence-electron chi connectivity index (χ0n) is 15.4. The molecule has 0 aromatic heterocycles. The van der Waals surface area contributed by atoms with Crippen molar-refractivity contribution in [2.24, 2.45) is 5.73 Å². The molecule has 0 amide bonds. The van der Waals surface area contributed by atoms with Crippen LogP contribution in [0.3, 0.4) is 0 Å². The average Bonchev–Trinajstić information content (AvgIpc) is 2.68. The fourth-order valence-electron chi connectivity index (χ4n) is 5.20. The lowest BCUT2D eigenvalue weighted by Gasteiger charge is -2.54. The summed E-state index contributed by atoms with van der Waals surface area (Å²) in [7, 11) is 0. The van der Waals surface area contributed by atoms with E-state index in [0.29, 0.717) is 13.2 Å². The van der Waals surface area contributed by atoms with E-state index in [-0.39, 0.29) is 5.41 Å². The smallest absolute Gasteiger partial charge is 0.120 e. The third-order valence-corrected chi connectivity index (χ3v) is 6.56. The molecule has 0 aliphatic heterocycles. The maximum atomic E-state index is 11.5. The maximum Gasteiger partial charge on any atom is 0.120 e. The molecule has 4 rings (SSSR count). The highest BCUT2D eigenvalue weighted by molar-refractivity contribution is 5.46. The summed E-state index contributed by atoms with van der Waals surface area (Å²) in [5.74, 6) is 0.888. The minimum absolute atomic E-state index is 0.209. The number of aryl methyl sites for hydroxylation is 1. The van der Waals surface area contributed by atoms with Crippen LogP contribution in [0.15, 0.2) is 48.5 Å². The Balaban J connectivity index is 1.66. The van der Waals surface area contributed by atoms with Gasteiger partial charge in [0.15, 0.2) is 0 Å². The molecular formula is C23H29NO2. The second-order valence-electron chi connectivity index (χ2n) is 7.95. The molecule has 26 heavy (non-hydrogen) atoms. The second kappa shape index (κ2) is 7.05. The van der Waals surface area contributed by atoms with Gasteiger partial charge < -0.3 is 15.6 Å². The predicted molar refractivity (Wildman–Crippen MR) is 104 cm³/mol. The minimum Gasteiger partial charge on any atom is -0.489 e. The number of hydrogen-bond donors (Lipinski definition) is 2. The van der Waals surface area contributed by atoms with Crippen LogP contribution < -0.4 is 10.5 Å². The van der Waals surface area contributed by atoms with Crippen LogP contribution in [0.5, 0.6) is 5.75 Å². The van der Waals surface area contributed by atoms with E-state index in [2.05, 4.69) is 30.3 Å². The van der Waals surface area contributed by atoms with Crippen molar-refractivity contribution in [2.75, 3.05) is 6.54 Å². The Labute approximate surface area is 156 Å². The minimum atomic E-state index is -0.615. The molecule has 2 aromatic rings. The van der Waals surface area contributed by atoms with Gasteiger partial charge in [-0.1, -0.05) is 49.2 Å². The Morgan fingerprint density at radius 1 is 1.00 bits per heavy atom. The van der Waals surface area contributed by atoms with Crippen LogP contribution in [0.1, 0.15) is 55.2 Å². The highest BCUT2D eigenvalue weighted by Gasteiger charge is 2.54. The van der Waals surface area contributed by atoms with Crippen LogP contribution in [-0.2, 0) is 18.4 Å². The Bertz CT molecular complexity index is 756. The third-order valence-electron chi connectivity index (χ3n) is 6.56. The number of nitrogens with two attached hydrogens (primary N) is 1. The van der Waals surface area contributed by atoms with Gasteiger partial charge in [0.1, 0.15) is 12.4 Å². The predicted octanol–water partition coefficient (Wildman–Crippen LogP) is 4.10. The van der Waals surface area contributed by atoms with Gasteiger partial charge in [0.2, 0.25) is 0 Å². The topological polar surface area (TPSA) is 55.5 Å². The molecule has 2 aromatic carbocycles. The average molecular weight is 351 g/mol. The molecule has 1 fully saturated rings. The fourth-order valence-corrected chi connectivity index (χ4v) is 5.20. The van der Waals surface area contributed by atoms with Gasteiger partial charge in [-0.05, 0) is 67.5 Å². The highest BCUT2D eigenvalue weighted by Crippen LogP contribution is 2.55. The summed E-state index contributed by atoms with van der Waals surface area (Å²) in [5, 5.41) is 11.5. The number of rotatable bonds is 5. The summed E-state index contributed by atoms with van der Waals surface area (Å²) < 4.78 is 6.08. The summed E-state index contributed by atoms with van der Waals surface area (Å²) >= 11 is 0. The molecule has 0 saturated heterocycles. The molecule has 3 heteroatoms. The van der Waals surface area contributed by atoms with Crippen molar-refractivity contribution < 1.29 is 9.84 Å². The van der Waals surface area contributed by atoms with Crippen molar-refractivity contribution in [1.29, 1.82) is 0 Å². The van der Waals surface area contributed by atoms with Crippen molar-refractivity contribution >= 4 is 0 Å². The lowest BCUT2D eigenvalue weighted by molar-refractivity contribution is -0.0862. The first-order valence-corrected chi connectivity index (χ1v) is 9.89. The van der Waals surface area contributed by atoms with Crippen molar-refractivity contribution in [3.63, 3.8) is 0 Å². The molecule has 1 saturated carbocycles. The highest BCUT2D eigenvalue weighted by atomic mass is 16.5. The normalized spacial score (nSPS) is 27.5. The van der Waals surface area contributed by atoms with E-state index in [9.17, 15) is 5.11 Å². The summed E-state index contributed by atoms with van der Waals surface area (Å²) in [5.41, 5.74) is 8.98. The van der Waals surface area contributed by atoms with E-state index in [4.69, 9.17) is 10.5 Å². The zero-order chi connectivity index (χ0) is 18.0. The summed E-state index contributed by atoms with van der Waals surface area (Å²) in [6.45, 7) is 1.17. The van der Waals surface area contributed by atoms with Crippen molar-refractivity contribution in [3.8, 4) is 5.75 Å². The quantitative estimate of drug-likeness (QED) is 0.852. The third kappa shape index (κ3) is 2.93. The molecule has 0 heterocycles. The molecule has 2 aliphatic carbocycles. The Morgan fingerprint density at radius 2 is 1.81 bits per heavy atom. The lowest BCUT2D eigenvalue weighted by atomic mass is 9.53. The molecule has 3 N–H and O–H groups in total. The van der Waals surface area contributed by atoms with Crippen LogP contribution in [0.25, 0.3) is 0 Å². The van der Waals surface area contributed by atoms with Gasteiger partial charge in [-0.25, -0.2) is 0 Å². The molecule has 2 unspecified atom stereocenters. The fraction of sp³-hybridized carbons (Fsp3) is 0.478. The van der Waals surface area contributed by atoms with Crippen molar-refractivity contribution in [2.45, 2.75) is 62.6 Å². The van der Waals surface area contributed by atoms with Gasteiger partial charge in [0, 0.05) is 5.41 Å². The van der Waals surface area contributed by atoms with E-state index in [1.54, 1.807) is 0 Å². The largest absolute Gasteiger partial charge is 0.489 e. The van der Waals surface area contributed by atoms with E-state index < -0.39 is 5.60 Å². The van der Waals surface area contributed by atoms with E-state index in [1.165, 1.54) is 11.1 Å². The van der Waals surface area contributed by atoms with Gasteiger partial charge in [-0.15, -0.1) is 0 Å². The molecule has 2 atom stereocenters. The van der Waals surface area contributed by atoms with E-state index >= 15 is 0 Å². The first-order chi connectivity index (χ1) is 12.7. The first kappa shape index (κ1) is 17.6. The van der Waals surface area contributed by atoms with Crippen LogP contribution in [0.2, 0.25) is 0 Å². The van der Waals surface area contributed by atoms with E-state index in [0.717, 1.165) is 56.3 Å². The zero-order valence-corrected chi connectivity index (χ0v) is 15.4. The summed E-state index contributed by atoms with van der Waals surface area (Å²) in [6.07, 6.45) is 6.83. The standard InChI is InChI=1S/C23H29NO2/c24-15-14-22-11-4-5-12-23(22,25)13-10-19-8-9-20(16-21(19)22)26-17-18-6-2-1-3-7-18/h1-3,6-9,16,25H,4-5,10-15,17,24H2. The molecule has 0 radical (unpaired) electrons. The van der Waals surface area contributed by atoms with Crippen LogP contribution in [0.4, 0.5) is 0 Å². The second-order valence-corrected chi connectivity index (χ2v) is 7.95. The number of aliphatic hydroxyl groups is 1. The Kier molecular flexibility index (Phi) is 4.76. The van der Waals surface area contributed by atoms with Gasteiger partial charge in [-0.3, -0.25) is 0 Å². The monoisotopic (exact) mass is 351 g/mol. The molecule has 3 nitrogen and oxygen atoms in total. The Hall–Kier alpha value is -1.84. The number of fused-ring (bicyclic) bond motifs is 3. The number of benzene rings is 2. The maximum absolute atomic E-state index is 11.5. The number of hydrogen-bond acceptors (Lipinski definition) is 3. The van der Waals surface area contributed by atoms with Gasteiger partial charge in [0.05, 0.1) is 5.60 Å². The molecule has 0 spiro atoms. The lowest BCUT2D eigenvalue weighted by Crippen LogP contribution is -2.57. The summed E-state index contributed by atoms with van der Waals surface area (Å²) in [4.78, 5) is 0. The van der Waals surface area contributed by atoms with Gasteiger partial charge >= 0.3 is 0 Å². The van der Waals surface area contributed by atoms with Crippen molar-refractivity contribution in [3.05, 3.63) is 65.2 Å². The summed E-state index contributed by atoms with van der Waals surface area (Å²) in [6, 6.07) is 16.7. The van der Waals surface area contributed by atoms with Gasteiger partial charge in [0.25, 0.3) is 0 Å². The molecule has 2 aliphatic rings. The molecule has 0 bridgehead atoms. The number of ether oxygens (including phenoxy) is 1. The van der Waals surface area contributed by atoms with Crippen LogP contribution in [-0.4, -0.2) is 17.3 Å². The van der Waals surface area contributed by atoms with Crippen LogP contribution in [0, 0.1) is 0 Å². The molecule has 138 valence electrons. The van der Waals surface area contributed by atoms with Gasteiger partial charge in [-0.2, -0.15) is 0 Å². The van der Waals surface area contributed by atoms with Crippen LogP contribution >= 0.6 is 0 Å². The van der Waals surface area contributed by atoms with E-state index in [1.807, 2.05) is 18.2 Å². The first-order valence-electron chi connectivity index (χ1n) is 9.89. The Morgan fingerprint density at radius 3 is 2.62 bits per heavy atom.